The molecule has 0 saturated carbocycles. The third-order valence-electron chi connectivity index (χ3n) is 6.20. The number of carbonyl (C=O) groups excluding carboxylic acids is 1. The van der Waals surface area contributed by atoms with Crippen LogP contribution in [0.15, 0.2) is 66.7 Å². The number of esters is 1. The molecular weight excluding hydrogens is 485 g/mol. The number of aromatic nitrogens is 2. The van der Waals surface area contributed by atoms with Gasteiger partial charge >= 0.3 is 5.97 Å². The number of aryl methyl sites for hydroxylation is 3. The highest BCUT2D eigenvalue weighted by Gasteiger charge is 2.18. The number of fused-ring (bicyclic) bond motifs is 2. The Morgan fingerprint density at radius 2 is 1.89 bits per heavy atom. The van der Waals surface area contributed by atoms with Gasteiger partial charge in [-0.15, -0.1) is 11.3 Å². The SMILES string of the molecule is COC(=O)c1ccc2c(c1)c(CCc1ccc(F)cc1)c(C#Cc1nc3ccccc3s1)n2CCC#N. The molecule has 0 unspecified atom stereocenters. The molecule has 0 atom stereocenters. The monoisotopic (exact) mass is 507 g/mol. The molecule has 182 valence electrons. The highest BCUT2D eigenvalue weighted by molar-refractivity contribution is 7.19. The van der Waals surface area contributed by atoms with Crippen LogP contribution >= 0.6 is 11.3 Å². The summed E-state index contributed by atoms with van der Waals surface area (Å²) in [6.07, 6.45) is 1.60. The summed E-state index contributed by atoms with van der Waals surface area (Å²) in [5.74, 6) is 5.88. The van der Waals surface area contributed by atoms with E-state index in [1.807, 2.05) is 41.0 Å². The number of thiazole rings is 1. The molecule has 0 N–H and O–H groups in total. The van der Waals surface area contributed by atoms with Crippen LogP contribution < -0.4 is 0 Å². The van der Waals surface area contributed by atoms with Crippen molar-refractivity contribution in [3.05, 3.63) is 99.9 Å². The Morgan fingerprint density at radius 1 is 1.08 bits per heavy atom. The number of benzene rings is 3. The van der Waals surface area contributed by atoms with E-state index >= 15 is 0 Å². The minimum Gasteiger partial charge on any atom is -0.465 e. The molecule has 0 radical (unpaired) electrons. The molecule has 0 amide bonds. The van der Waals surface area contributed by atoms with Gasteiger partial charge in [0.05, 0.1) is 41.1 Å². The fraction of sp³-hybridized carbons (Fsp3) is 0.167. The van der Waals surface area contributed by atoms with Crippen molar-refractivity contribution in [2.75, 3.05) is 7.11 Å². The van der Waals surface area contributed by atoms with Crippen LogP contribution in [0.2, 0.25) is 0 Å². The number of rotatable bonds is 6. The fourth-order valence-corrected chi connectivity index (χ4v) is 5.24. The predicted octanol–water partition coefficient (Wildman–Crippen LogP) is 6.28. The first-order valence-corrected chi connectivity index (χ1v) is 12.6. The molecule has 0 bridgehead atoms. The Balaban J connectivity index is 1.65. The van der Waals surface area contributed by atoms with Gasteiger partial charge in [0, 0.05) is 17.4 Å². The summed E-state index contributed by atoms with van der Waals surface area (Å²) < 4.78 is 21.5. The van der Waals surface area contributed by atoms with Crippen LogP contribution in [-0.4, -0.2) is 22.6 Å². The minimum atomic E-state index is -0.418. The first-order chi connectivity index (χ1) is 18.1. The lowest BCUT2D eigenvalue weighted by molar-refractivity contribution is 0.0601. The van der Waals surface area contributed by atoms with Crippen LogP contribution in [0.3, 0.4) is 0 Å². The number of nitriles is 1. The van der Waals surface area contributed by atoms with Gasteiger partial charge in [0.2, 0.25) is 0 Å². The van der Waals surface area contributed by atoms with E-state index in [2.05, 4.69) is 22.9 Å². The first-order valence-electron chi connectivity index (χ1n) is 11.8. The number of nitrogens with zero attached hydrogens (tertiary/aromatic N) is 3. The lowest BCUT2D eigenvalue weighted by Crippen LogP contribution is -2.02. The van der Waals surface area contributed by atoms with Crippen molar-refractivity contribution >= 4 is 38.4 Å². The summed E-state index contributed by atoms with van der Waals surface area (Å²) in [5.41, 5.74) is 4.99. The first kappa shape index (κ1) is 24.2. The molecule has 5 nitrogen and oxygen atoms in total. The van der Waals surface area contributed by atoms with Crippen LogP contribution in [0.4, 0.5) is 4.39 Å². The molecule has 0 aliphatic rings. The standard InChI is InChI=1S/C30H22FN3O2S/c1-36-30(35)21-10-14-27-24(19-21)23(13-9-20-7-11-22(31)12-8-20)26(34(27)18-4-17-32)15-16-29-33-25-5-2-3-6-28(25)37-29/h2-3,5-8,10-12,14,19H,4,9,13,18H2,1H3. The summed E-state index contributed by atoms with van der Waals surface area (Å²) in [5, 5.41) is 10.9. The Hall–Kier alpha value is -4.46. The third kappa shape index (κ3) is 5.09. The maximum atomic E-state index is 13.4. The normalized spacial score (nSPS) is 10.7. The molecule has 37 heavy (non-hydrogen) atoms. The number of carbonyl (C=O) groups is 1. The van der Waals surface area contributed by atoms with E-state index in [1.165, 1.54) is 30.6 Å². The van der Waals surface area contributed by atoms with Gasteiger partial charge < -0.3 is 9.30 Å². The van der Waals surface area contributed by atoms with Crippen molar-refractivity contribution in [2.24, 2.45) is 0 Å². The molecule has 0 aliphatic carbocycles. The number of hydrogen-bond acceptors (Lipinski definition) is 5. The second kappa shape index (κ2) is 10.7. The topological polar surface area (TPSA) is 67.9 Å². The number of ether oxygens (including phenoxy) is 1. The zero-order valence-electron chi connectivity index (χ0n) is 20.1. The van der Waals surface area contributed by atoms with Crippen molar-refractivity contribution in [3.63, 3.8) is 0 Å². The molecule has 7 heteroatoms. The Bertz CT molecular complexity index is 1680. The van der Waals surface area contributed by atoms with Gasteiger partial charge in [-0.05, 0) is 78.3 Å². The van der Waals surface area contributed by atoms with E-state index < -0.39 is 5.97 Å². The molecule has 5 rings (SSSR count). The van der Waals surface area contributed by atoms with Crippen LogP contribution in [0.5, 0.6) is 0 Å². The van der Waals surface area contributed by atoms with E-state index in [9.17, 15) is 14.4 Å². The van der Waals surface area contributed by atoms with Crippen LogP contribution in [0.1, 0.15) is 38.6 Å². The Morgan fingerprint density at radius 3 is 2.65 bits per heavy atom. The lowest BCUT2D eigenvalue weighted by atomic mass is 10.0. The van der Waals surface area contributed by atoms with Gasteiger partial charge in [0.1, 0.15) is 5.82 Å². The molecule has 0 spiro atoms. The van der Waals surface area contributed by atoms with Crippen LogP contribution in [-0.2, 0) is 24.1 Å². The average Bonchev–Trinajstić information content (AvgIpc) is 3.47. The van der Waals surface area contributed by atoms with E-state index in [1.54, 1.807) is 18.2 Å². The lowest BCUT2D eigenvalue weighted by Gasteiger charge is -2.06. The third-order valence-corrected chi connectivity index (χ3v) is 7.15. The van der Waals surface area contributed by atoms with Crippen molar-refractivity contribution < 1.29 is 13.9 Å². The largest absolute Gasteiger partial charge is 0.465 e. The number of halogens is 1. The van der Waals surface area contributed by atoms with Gasteiger partial charge in [-0.3, -0.25) is 0 Å². The number of methoxy groups -OCH3 is 1. The van der Waals surface area contributed by atoms with Gasteiger partial charge in [0.25, 0.3) is 0 Å². The Kier molecular flexibility index (Phi) is 6.98. The fourth-order valence-electron chi connectivity index (χ4n) is 4.42. The number of hydrogen-bond donors (Lipinski definition) is 0. The summed E-state index contributed by atoms with van der Waals surface area (Å²) in [7, 11) is 1.36. The summed E-state index contributed by atoms with van der Waals surface area (Å²) in [6.45, 7) is 0.463. The summed E-state index contributed by atoms with van der Waals surface area (Å²) >= 11 is 1.53. The number of para-hydroxylation sites is 1. The van der Waals surface area contributed by atoms with Gasteiger partial charge in [0.15, 0.2) is 5.01 Å². The summed E-state index contributed by atoms with van der Waals surface area (Å²) in [4.78, 5) is 16.9. The zero-order chi connectivity index (χ0) is 25.8. The smallest absolute Gasteiger partial charge is 0.337 e. The second-order valence-electron chi connectivity index (χ2n) is 8.47. The average molecular weight is 508 g/mol. The van der Waals surface area contributed by atoms with Crippen molar-refractivity contribution in [3.8, 4) is 17.9 Å². The highest BCUT2D eigenvalue weighted by atomic mass is 32.1. The molecule has 0 saturated heterocycles. The highest BCUT2D eigenvalue weighted by Crippen LogP contribution is 2.30. The minimum absolute atomic E-state index is 0.276. The zero-order valence-corrected chi connectivity index (χ0v) is 20.9. The van der Waals surface area contributed by atoms with Crippen molar-refractivity contribution in [1.29, 1.82) is 5.26 Å². The second-order valence-corrected chi connectivity index (χ2v) is 9.50. The maximum Gasteiger partial charge on any atom is 0.337 e. The molecule has 2 heterocycles. The maximum absolute atomic E-state index is 13.4. The van der Waals surface area contributed by atoms with E-state index in [0.717, 1.165) is 37.9 Å². The van der Waals surface area contributed by atoms with Crippen LogP contribution in [0, 0.1) is 29.0 Å². The van der Waals surface area contributed by atoms with E-state index in [0.29, 0.717) is 36.4 Å². The van der Waals surface area contributed by atoms with Crippen molar-refractivity contribution in [1.82, 2.24) is 9.55 Å². The van der Waals surface area contributed by atoms with Gasteiger partial charge in [-0.2, -0.15) is 5.26 Å². The van der Waals surface area contributed by atoms with E-state index in [-0.39, 0.29) is 5.82 Å². The molecule has 0 fully saturated rings. The van der Waals surface area contributed by atoms with Gasteiger partial charge in [-0.1, -0.05) is 24.3 Å². The predicted molar refractivity (Wildman–Crippen MR) is 143 cm³/mol. The molecule has 5 aromatic rings. The summed E-state index contributed by atoms with van der Waals surface area (Å²) in [6, 6.07) is 22.0. The Labute approximate surface area is 217 Å². The molecule has 2 aromatic heterocycles. The van der Waals surface area contributed by atoms with Crippen molar-refractivity contribution in [2.45, 2.75) is 25.8 Å². The molecular formula is C30H22FN3O2S. The van der Waals surface area contributed by atoms with Crippen LogP contribution in [0.25, 0.3) is 21.1 Å². The molecule has 0 aliphatic heterocycles. The van der Waals surface area contributed by atoms with E-state index in [4.69, 9.17) is 4.74 Å². The quantitative estimate of drug-likeness (QED) is 0.201. The van der Waals surface area contributed by atoms with Gasteiger partial charge in [-0.25, -0.2) is 14.2 Å². The molecule has 3 aromatic carbocycles.